The first-order valence-corrected chi connectivity index (χ1v) is 9.99. The zero-order valence-electron chi connectivity index (χ0n) is 17.8. The van der Waals surface area contributed by atoms with E-state index in [2.05, 4.69) is 0 Å². The van der Waals surface area contributed by atoms with Crippen molar-refractivity contribution in [1.29, 1.82) is 0 Å². The van der Waals surface area contributed by atoms with Gasteiger partial charge in [-0.05, 0) is 32.4 Å². The summed E-state index contributed by atoms with van der Waals surface area (Å²) in [6.45, 7) is 4.70. The fourth-order valence-corrected chi connectivity index (χ4v) is 3.71. The monoisotopic (exact) mass is 444 g/mol. The van der Waals surface area contributed by atoms with Crippen LogP contribution in [0.5, 0.6) is 0 Å². The highest BCUT2D eigenvalue weighted by Gasteiger charge is 2.38. The van der Waals surface area contributed by atoms with E-state index in [1.54, 1.807) is 26.8 Å². The van der Waals surface area contributed by atoms with Crippen LogP contribution in [-0.4, -0.2) is 27.8 Å². The van der Waals surface area contributed by atoms with Crippen molar-refractivity contribution >= 4 is 17.6 Å². The number of ether oxygens (including phenoxy) is 1. The van der Waals surface area contributed by atoms with E-state index in [-0.39, 0.29) is 35.5 Å². The number of nitrogens with zero attached hydrogens (tertiary/aromatic N) is 2. The first kappa shape index (κ1) is 23.1. The molecule has 1 aliphatic rings. The van der Waals surface area contributed by atoms with E-state index in [0.29, 0.717) is 5.56 Å². The minimum absolute atomic E-state index is 0.0875. The van der Waals surface area contributed by atoms with Gasteiger partial charge in [0.25, 0.3) is 5.69 Å². The van der Waals surface area contributed by atoms with Crippen molar-refractivity contribution < 1.29 is 28.0 Å². The summed E-state index contributed by atoms with van der Waals surface area (Å²) < 4.78 is 32.8. The topological polar surface area (TPSA) is 89.7 Å². The van der Waals surface area contributed by atoms with Crippen LogP contribution in [0, 0.1) is 21.7 Å². The molecule has 1 amide bonds. The van der Waals surface area contributed by atoms with Crippen LogP contribution < -0.4 is 0 Å². The maximum atomic E-state index is 14.2. The van der Waals surface area contributed by atoms with Crippen LogP contribution in [0.15, 0.2) is 53.7 Å². The number of esters is 1. The summed E-state index contributed by atoms with van der Waals surface area (Å²) >= 11 is 0. The van der Waals surface area contributed by atoms with Crippen molar-refractivity contribution in [2.45, 2.75) is 45.8 Å². The van der Waals surface area contributed by atoms with Gasteiger partial charge in [-0.3, -0.25) is 14.9 Å². The average molecular weight is 444 g/mol. The summed E-state index contributed by atoms with van der Waals surface area (Å²) in [7, 11) is 0. The van der Waals surface area contributed by atoms with Crippen LogP contribution in [0.25, 0.3) is 0 Å². The standard InChI is InChI=1S/C23H22F2N2O5/c1-13(2)32-23(29)22-14(3)26(12-16-7-8-17(24)10-20(16)25)21(28)11-19(22)15-5-4-6-18(9-15)27(30)31/h4-10,13,19H,11-12H2,1-3H3. The maximum Gasteiger partial charge on any atom is 0.336 e. The van der Waals surface area contributed by atoms with E-state index in [4.69, 9.17) is 4.74 Å². The van der Waals surface area contributed by atoms with Crippen molar-refractivity contribution in [2.24, 2.45) is 0 Å². The van der Waals surface area contributed by atoms with E-state index in [0.717, 1.165) is 12.1 Å². The van der Waals surface area contributed by atoms with E-state index < -0.39 is 40.5 Å². The lowest BCUT2D eigenvalue weighted by Gasteiger charge is -2.34. The third-order valence-electron chi connectivity index (χ3n) is 5.21. The number of hydrogen-bond acceptors (Lipinski definition) is 5. The van der Waals surface area contributed by atoms with Gasteiger partial charge < -0.3 is 9.64 Å². The van der Waals surface area contributed by atoms with Gasteiger partial charge in [-0.25, -0.2) is 13.6 Å². The quantitative estimate of drug-likeness (QED) is 0.369. The summed E-state index contributed by atoms with van der Waals surface area (Å²) in [6.07, 6.45) is -0.599. The fraction of sp³-hybridized carbons (Fsp3) is 0.304. The molecule has 7 nitrogen and oxygen atoms in total. The number of carbonyl (C=O) groups is 2. The predicted molar refractivity (Wildman–Crippen MR) is 111 cm³/mol. The van der Waals surface area contributed by atoms with Gasteiger partial charge in [0.05, 0.1) is 23.1 Å². The molecule has 1 heterocycles. The molecule has 3 rings (SSSR count). The Hall–Kier alpha value is -3.62. The number of allylic oxidation sites excluding steroid dienone is 1. The largest absolute Gasteiger partial charge is 0.460 e. The molecule has 0 spiro atoms. The lowest BCUT2D eigenvalue weighted by atomic mass is 9.83. The highest BCUT2D eigenvalue weighted by molar-refractivity contribution is 5.96. The molecule has 1 unspecified atom stereocenters. The van der Waals surface area contributed by atoms with Gasteiger partial charge in [0.15, 0.2) is 0 Å². The molecular formula is C23H22F2N2O5. The van der Waals surface area contributed by atoms with Crippen molar-refractivity contribution in [2.75, 3.05) is 0 Å². The second-order valence-electron chi connectivity index (χ2n) is 7.78. The van der Waals surface area contributed by atoms with E-state index >= 15 is 0 Å². The van der Waals surface area contributed by atoms with Crippen LogP contribution in [0.4, 0.5) is 14.5 Å². The maximum absolute atomic E-state index is 14.2. The third-order valence-corrected chi connectivity index (χ3v) is 5.21. The molecule has 0 saturated carbocycles. The Morgan fingerprint density at radius 3 is 2.59 bits per heavy atom. The lowest BCUT2D eigenvalue weighted by Crippen LogP contribution is -2.38. The summed E-state index contributed by atoms with van der Waals surface area (Å²) in [5.74, 6) is -3.37. The molecule has 0 aromatic heterocycles. The Bertz CT molecular complexity index is 1110. The van der Waals surface area contributed by atoms with Gasteiger partial charge in [0.2, 0.25) is 5.91 Å². The number of amides is 1. The van der Waals surface area contributed by atoms with Gasteiger partial charge in [-0.2, -0.15) is 0 Å². The minimum atomic E-state index is -0.808. The summed E-state index contributed by atoms with van der Waals surface area (Å²) in [5.41, 5.74) is 0.771. The number of rotatable bonds is 6. The Morgan fingerprint density at radius 2 is 1.97 bits per heavy atom. The fourth-order valence-electron chi connectivity index (χ4n) is 3.71. The molecule has 0 fully saturated rings. The molecule has 0 saturated heterocycles. The number of halogens is 2. The van der Waals surface area contributed by atoms with Gasteiger partial charge in [0.1, 0.15) is 11.6 Å². The van der Waals surface area contributed by atoms with E-state index in [9.17, 15) is 28.5 Å². The SMILES string of the molecule is CC1=C(C(=O)OC(C)C)C(c2cccc([N+](=O)[O-])c2)CC(=O)N1Cc1ccc(F)cc1F. The van der Waals surface area contributed by atoms with E-state index in [1.165, 1.54) is 29.2 Å². The molecule has 9 heteroatoms. The number of non-ortho nitro benzene ring substituents is 1. The Labute approximate surface area is 183 Å². The lowest BCUT2D eigenvalue weighted by molar-refractivity contribution is -0.384. The molecule has 1 aliphatic heterocycles. The molecule has 0 bridgehead atoms. The number of benzene rings is 2. The highest BCUT2D eigenvalue weighted by atomic mass is 19.1. The second-order valence-corrected chi connectivity index (χ2v) is 7.78. The van der Waals surface area contributed by atoms with Crippen LogP contribution in [0.1, 0.15) is 44.2 Å². The van der Waals surface area contributed by atoms with Crippen molar-refractivity contribution in [3.05, 3.63) is 86.6 Å². The van der Waals surface area contributed by atoms with Crippen LogP contribution >= 0.6 is 0 Å². The van der Waals surface area contributed by atoms with E-state index in [1.807, 2.05) is 0 Å². The Morgan fingerprint density at radius 1 is 1.25 bits per heavy atom. The van der Waals surface area contributed by atoms with Gasteiger partial charge in [0, 0.05) is 41.8 Å². The molecule has 2 aromatic rings. The smallest absolute Gasteiger partial charge is 0.336 e. The van der Waals surface area contributed by atoms with Crippen molar-refractivity contribution in [3.63, 3.8) is 0 Å². The number of nitro benzene ring substituents is 1. The molecule has 0 N–H and O–H groups in total. The van der Waals surface area contributed by atoms with Gasteiger partial charge in [-0.1, -0.05) is 18.2 Å². The van der Waals surface area contributed by atoms with Crippen molar-refractivity contribution in [3.8, 4) is 0 Å². The summed E-state index contributed by atoms with van der Waals surface area (Å²) in [6, 6.07) is 8.79. The molecular weight excluding hydrogens is 422 g/mol. The average Bonchev–Trinajstić information content (AvgIpc) is 2.71. The first-order chi connectivity index (χ1) is 15.1. The Kier molecular flexibility index (Phi) is 6.67. The van der Waals surface area contributed by atoms with Gasteiger partial charge in [-0.15, -0.1) is 0 Å². The molecule has 2 aromatic carbocycles. The van der Waals surface area contributed by atoms with Crippen molar-refractivity contribution in [1.82, 2.24) is 4.90 Å². The first-order valence-electron chi connectivity index (χ1n) is 9.99. The zero-order chi connectivity index (χ0) is 23.6. The molecule has 0 radical (unpaired) electrons. The van der Waals surface area contributed by atoms with Gasteiger partial charge >= 0.3 is 5.97 Å². The second kappa shape index (κ2) is 9.25. The van der Waals surface area contributed by atoms with Crippen LogP contribution in [-0.2, 0) is 20.9 Å². The molecule has 0 aliphatic carbocycles. The molecule has 168 valence electrons. The minimum Gasteiger partial charge on any atom is -0.460 e. The molecule has 32 heavy (non-hydrogen) atoms. The number of hydrogen-bond donors (Lipinski definition) is 0. The van der Waals surface area contributed by atoms with Crippen LogP contribution in [0.3, 0.4) is 0 Å². The third kappa shape index (κ3) is 4.82. The van der Waals surface area contributed by atoms with Crippen LogP contribution in [0.2, 0.25) is 0 Å². The Balaban J connectivity index is 2.08. The number of carbonyl (C=O) groups excluding carboxylic acids is 2. The summed E-state index contributed by atoms with van der Waals surface area (Å²) in [5, 5.41) is 11.2. The summed E-state index contributed by atoms with van der Waals surface area (Å²) in [4.78, 5) is 37.8. The molecule has 1 atom stereocenters. The highest BCUT2D eigenvalue weighted by Crippen LogP contribution is 2.39. The normalized spacial score (nSPS) is 16.5. The number of nitro groups is 1. The predicted octanol–water partition coefficient (Wildman–Crippen LogP) is 4.61. The zero-order valence-corrected chi connectivity index (χ0v) is 17.8.